The highest BCUT2D eigenvalue weighted by atomic mass is 79.9. The van der Waals surface area contributed by atoms with E-state index in [1.807, 2.05) is 0 Å². The number of nitrogens with zero attached hydrogens (tertiary/aromatic N) is 2. The molecule has 6 heteroatoms. The first kappa shape index (κ1) is 9.91. The highest BCUT2D eigenvalue weighted by Crippen LogP contribution is 2.15. The minimum Gasteiger partial charge on any atom is -0.464 e. The lowest BCUT2D eigenvalue weighted by Gasteiger charge is -2.03. The van der Waals surface area contributed by atoms with E-state index in [1.54, 1.807) is 6.92 Å². The van der Waals surface area contributed by atoms with Gasteiger partial charge in [0.2, 0.25) is 0 Å². The first-order chi connectivity index (χ1) is 6.06. The summed E-state index contributed by atoms with van der Waals surface area (Å²) in [6.45, 7) is 1.71. The lowest BCUT2D eigenvalue weighted by molar-refractivity contribution is 0.0594. The van der Waals surface area contributed by atoms with Gasteiger partial charge in [-0.2, -0.15) is 0 Å². The van der Waals surface area contributed by atoms with Crippen LogP contribution < -0.4 is 5.73 Å². The molecular formula is C7H8BrN3O2. The van der Waals surface area contributed by atoms with Gasteiger partial charge in [0.15, 0.2) is 11.5 Å². The number of aryl methyl sites for hydroxylation is 1. The number of rotatable bonds is 1. The molecule has 0 saturated heterocycles. The number of esters is 1. The summed E-state index contributed by atoms with van der Waals surface area (Å²) >= 11 is 3.15. The Hall–Kier alpha value is -1.17. The van der Waals surface area contributed by atoms with Gasteiger partial charge in [0, 0.05) is 0 Å². The van der Waals surface area contributed by atoms with Crippen molar-refractivity contribution in [2.45, 2.75) is 6.92 Å². The number of hydrogen-bond acceptors (Lipinski definition) is 5. The fourth-order valence-corrected chi connectivity index (χ4v) is 1.04. The summed E-state index contributed by atoms with van der Waals surface area (Å²) in [5.41, 5.74) is 6.10. The van der Waals surface area contributed by atoms with Crippen LogP contribution in [-0.2, 0) is 4.74 Å². The molecule has 0 atom stereocenters. The number of anilines is 1. The minimum atomic E-state index is -0.583. The van der Waals surface area contributed by atoms with E-state index < -0.39 is 5.97 Å². The van der Waals surface area contributed by atoms with Crippen LogP contribution in [0.4, 0.5) is 5.82 Å². The highest BCUT2D eigenvalue weighted by Gasteiger charge is 2.14. The molecule has 0 aliphatic carbocycles. The summed E-state index contributed by atoms with van der Waals surface area (Å²) in [6, 6.07) is 0. The van der Waals surface area contributed by atoms with Gasteiger partial charge in [0.05, 0.1) is 12.8 Å². The van der Waals surface area contributed by atoms with Crippen molar-refractivity contribution >= 4 is 27.7 Å². The maximum absolute atomic E-state index is 11.1. The molecule has 0 fully saturated rings. The average molecular weight is 246 g/mol. The molecule has 5 nitrogen and oxygen atoms in total. The maximum atomic E-state index is 11.1. The Balaban J connectivity index is 3.23. The van der Waals surface area contributed by atoms with Gasteiger partial charge in [0.25, 0.3) is 0 Å². The van der Waals surface area contributed by atoms with Crippen molar-refractivity contribution < 1.29 is 9.53 Å². The summed E-state index contributed by atoms with van der Waals surface area (Å²) in [6.07, 6.45) is 0. The van der Waals surface area contributed by atoms with Crippen LogP contribution in [0, 0.1) is 6.92 Å². The molecule has 0 spiro atoms. The third kappa shape index (κ3) is 1.95. The van der Waals surface area contributed by atoms with E-state index >= 15 is 0 Å². The Morgan fingerprint density at radius 1 is 1.54 bits per heavy atom. The smallest absolute Gasteiger partial charge is 0.360 e. The van der Waals surface area contributed by atoms with E-state index in [-0.39, 0.29) is 11.5 Å². The molecule has 0 bridgehead atoms. The molecule has 1 heterocycles. The molecule has 1 rings (SSSR count). The van der Waals surface area contributed by atoms with Crippen molar-refractivity contribution in [1.29, 1.82) is 0 Å². The highest BCUT2D eigenvalue weighted by molar-refractivity contribution is 9.10. The Morgan fingerprint density at radius 2 is 2.15 bits per heavy atom. The number of nitrogens with two attached hydrogens (primary N) is 1. The van der Waals surface area contributed by atoms with Crippen molar-refractivity contribution in [1.82, 2.24) is 9.97 Å². The molecule has 1 aromatic heterocycles. The van der Waals surface area contributed by atoms with Gasteiger partial charge < -0.3 is 10.5 Å². The van der Waals surface area contributed by atoms with Gasteiger partial charge in [-0.05, 0) is 22.9 Å². The number of ether oxygens (including phenoxy) is 1. The summed E-state index contributed by atoms with van der Waals surface area (Å²) in [4.78, 5) is 18.9. The molecule has 0 radical (unpaired) electrons. The molecule has 0 saturated carbocycles. The summed E-state index contributed by atoms with van der Waals surface area (Å²) in [5, 5.41) is 0. The minimum absolute atomic E-state index is 0.0446. The van der Waals surface area contributed by atoms with Gasteiger partial charge in [-0.1, -0.05) is 0 Å². The zero-order valence-corrected chi connectivity index (χ0v) is 8.75. The molecule has 0 aromatic carbocycles. The molecule has 1 aromatic rings. The van der Waals surface area contributed by atoms with Crippen LogP contribution >= 0.6 is 15.9 Å². The second-order valence-corrected chi connectivity index (χ2v) is 3.08. The van der Waals surface area contributed by atoms with E-state index in [1.165, 1.54) is 7.11 Å². The first-order valence-electron chi connectivity index (χ1n) is 3.44. The van der Waals surface area contributed by atoms with Crippen molar-refractivity contribution in [3.63, 3.8) is 0 Å². The monoisotopic (exact) mass is 245 g/mol. The van der Waals surface area contributed by atoms with Gasteiger partial charge >= 0.3 is 5.97 Å². The second kappa shape index (κ2) is 3.69. The molecule has 70 valence electrons. The lowest BCUT2D eigenvalue weighted by Crippen LogP contribution is -2.11. The average Bonchev–Trinajstić information content (AvgIpc) is 2.10. The first-order valence-corrected chi connectivity index (χ1v) is 4.23. The predicted octanol–water partition coefficient (Wildman–Crippen LogP) is 0.916. The van der Waals surface area contributed by atoms with Gasteiger partial charge in [0.1, 0.15) is 4.60 Å². The lowest BCUT2D eigenvalue weighted by atomic mass is 10.4. The van der Waals surface area contributed by atoms with Crippen molar-refractivity contribution in [3.8, 4) is 0 Å². The second-order valence-electron chi connectivity index (χ2n) is 2.33. The van der Waals surface area contributed by atoms with Crippen molar-refractivity contribution in [3.05, 3.63) is 16.0 Å². The molecule has 13 heavy (non-hydrogen) atoms. The van der Waals surface area contributed by atoms with Gasteiger partial charge in [-0.25, -0.2) is 14.8 Å². The van der Waals surface area contributed by atoms with Crippen molar-refractivity contribution in [2.24, 2.45) is 0 Å². The Bertz CT molecular complexity index is 354. The zero-order chi connectivity index (χ0) is 10.0. The van der Waals surface area contributed by atoms with Crippen LogP contribution in [0.5, 0.6) is 0 Å². The molecule has 0 aliphatic heterocycles. The Labute approximate surface area is 83.4 Å². The van der Waals surface area contributed by atoms with Gasteiger partial charge in [-0.3, -0.25) is 0 Å². The number of methoxy groups -OCH3 is 1. The maximum Gasteiger partial charge on any atom is 0.360 e. The van der Waals surface area contributed by atoms with Gasteiger partial charge in [-0.15, -0.1) is 0 Å². The van der Waals surface area contributed by atoms with Crippen molar-refractivity contribution in [2.75, 3.05) is 12.8 Å². The van der Waals surface area contributed by atoms with E-state index in [0.717, 1.165) is 0 Å². The third-order valence-electron chi connectivity index (χ3n) is 1.42. The SMILES string of the molecule is COC(=O)c1nc(C)c(Br)nc1N. The van der Waals surface area contributed by atoms with E-state index in [4.69, 9.17) is 5.73 Å². The summed E-state index contributed by atoms with van der Waals surface area (Å²) < 4.78 is 5.00. The van der Waals surface area contributed by atoms with E-state index in [2.05, 4.69) is 30.6 Å². The largest absolute Gasteiger partial charge is 0.464 e. The van der Waals surface area contributed by atoms with E-state index in [9.17, 15) is 4.79 Å². The quantitative estimate of drug-likeness (QED) is 0.745. The molecule has 0 aliphatic rings. The predicted molar refractivity (Wildman–Crippen MR) is 50.2 cm³/mol. The third-order valence-corrected chi connectivity index (χ3v) is 2.17. The van der Waals surface area contributed by atoms with E-state index in [0.29, 0.717) is 10.3 Å². The number of aromatic nitrogens is 2. The van der Waals surface area contributed by atoms with Crippen LogP contribution in [0.2, 0.25) is 0 Å². The zero-order valence-electron chi connectivity index (χ0n) is 7.17. The normalized spacial score (nSPS) is 9.77. The number of carbonyl (C=O) groups is 1. The Morgan fingerprint density at radius 3 is 2.69 bits per heavy atom. The topological polar surface area (TPSA) is 78.1 Å². The molecule has 0 unspecified atom stereocenters. The number of halogens is 1. The fourth-order valence-electron chi connectivity index (χ4n) is 0.758. The number of hydrogen-bond donors (Lipinski definition) is 1. The standard InChI is InChI=1S/C7H8BrN3O2/c1-3-5(8)11-6(9)4(10-3)7(12)13-2/h1-2H3,(H2,9,11). The summed E-state index contributed by atoms with van der Waals surface area (Å²) in [7, 11) is 1.26. The van der Waals surface area contributed by atoms with Crippen LogP contribution in [0.25, 0.3) is 0 Å². The fraction of sp³-hybridized carbons (Fsp3) is 0.286. The van der Waals surface area contributed by atoms with Crippen LogP contribution in [0.3, 0.4) is 0 Å². The van der Waals surface area contributed by atoms with Crippen LogP contribution in [0.15, 0.2) is 4.60 Å². The van der Waals surface area contributed by atoms with Crippen LogP contribution in [0.1, 0.15) is 16.2 Å². The van der Waals surface area contributed by atoms with Crippen LogP contribution in [-0.4, -0.2) is 23.0 Å². The molecule has 0 amide bonds. The summed E-state index contributed by atoms with van der Waals surface area (Å²) in [5.74, 6) is -0.523. The Kier molecular flexibility index (Phi) is 2.82. The molecule has 2 N–H and O–H groups in total. The number of carbonyl (C=O) groups excluding carboxylic acids is 1. The number of nitrogen functional groups attached to an aromatic ring is 1. The molecular weight excluding hydrogens is 238 g/mol.